The highest BCUT2D eigenvalue weighted by Crippen LogP contribution is 2.49. The molecule has 2 aromatic rings. The molecule has 2 N–H and O–H groups in total. The van der Waals surface area contributed by atoms with E-state index in [-0.39, 0.29) is 52.2 Å². The van der Waals surface area contributed by atoms with Crippen LogP contribution in [0.25, 0.3) is 10.8 Å². The van der Waals surface area contributed by atoms with Gasteiger partial charge in [0.15, 0.2) is 0 Å². The standard InChI is InChI=1S/C40H58N2O4/c1-37(2)21-31(22-38(3,4)41-37)45-35(43)29-16-14-25-17-28(15-13-26(25)18-29)34-20-30(19-27-11-9-10-12-33(27)34)36(44)46-32-23-39(5,6)42-40(7,8)24-32/h9-12,19-20,25-26,28-29,31-32,41-42H,13-18,21-24H2,1-8H3. The molecule has 6 rings (SSSR count). The third-order valence-corrected chi connectivity index (χ3v) is 11.4. The van der Waals surface area contributed by atoms with Crippen LogP contribution in [0.4, 0.5) is 0 Å². The minimum atomic E-state index is -0.210. The molecule has 2 heterocycles. The summed E-state index contributed by atoms with van der Waals surface area (Å²) in [6.07, 6.45) is 9.44. The number of ether oxygens (including phenoxy) is 2. The van der Waals surface area contributed by atoms with Crippen molar-refractivity contribution in [3.05, 3.63) is 47.5 Å². The zero-order chi connectivity index (χ0) is 33.1. The van der Waals surface area contributed by atoms with Gasteiger partial charge in [0.2, 0.25) is 0 Å². The fraction of sp³-hybridized carbons (Fsp3) is 0.700. The van der Waals surface area contributed by atoms with Gasteiger partial charge in [0.05, 0.1) is 11.5 Å². The average molecular weight is 631 g/mol. The van der Waals surface area contributed by atoms with E-state index in [4.69, 9.17) is 9.47 Å². The fourth-order valence-electron chi connectivity index (χ4n) is 10.3. The van der Waals surface area contributed by atoms with Gasteiger partial charge >= 0.3 is 11.9 Å². The largest absolute Gasteiger partial charge is 0.462 e. The molecule has 4 atom stereocenters. The first-order valence-electron chi connectivity index (χ1n) is 18.0. The Bertz CT molecular complexity index is 1430. The molecule has 4 fully saturated rings. The molecule has 0 spiro atoms. The third-order valence-electron chi connectivity index (χ3n) is 11.4. The van der Waals surface area contributed by atoms with Crippen molar-refractivity contribution in [1.29, 1.82) is 0 Å². The number of carbonyl (C=O) groups excluding carboxylic acids is 2. The second-order valence-corrected chi connectivity index (χ2v) is 18.0. The van der Waals surface area contributed by atoms with Crippen molar-refractivity contribution in [3.63, 3.8) is 0 Å². The van der Waals surface area contributed by atoms with Gasteiger partial charge in [-0.2, -0.15) is 0 Å². The quantitative estimate of drug-likeness (QED) is 0.323. The first-order valence-corrected chi connectivity index (χ1v) is 18.0. The van der Waals surface area contributed by atoms with Crippen molar-refractivity contribution < 1.29 is 19.1 Å². The van der Waals surface area contributed by atoms with Gasteiger partial charge in [0, 0.05) is 47.8 Å². The fourth-order valence-corrected chi connectivity index (χ4v) is 10.3. The second kappa shape index (κ2) is 12.2. The Kier molecular flexibility index (Phi) is 8.89. The summed E-state index contributed by atoms with van der Waals surface area (Å²) in [5, 5.41) is 9.74. The highest BCUT2D eigenvalue weighted by molar-refractivity contribution is 5.97. The van der Waals surface area contributed by atoms with Gasteiger partial charge in [0.1, 0.15) is 12.2 Å². The van der Waals surface area contributed by atoms with E-state index in [9.17, 15) is 9.59 Å². The normalized spacial score (nSPS) is 30.7. The average Bonchev–Trinajstić information content (AvgIpc) is 2.92. The molecular weight excluding hydrogens is 572 g/mol. The number of rotatable bonds is 5. The van der Waals surface area contributed by atoms with E-state index >= 15 is 0 Å². The SMILES string of the molecule is CC1(C)CC(OC(=O)c2cc(C3CCC4CC(C(=O)OC5CC(C)(C)NC(C)(C)C5)CCC4C3)c3ccccc3c2)CC(C)(C)N1. The van der Waals surface area contributed by atoms with E-state index in [1.165, 1.54) is 10.9 Å². The highest BCUT2D eigenvalue weighted by Gasteiger charge is 2.43. The zero-order valence-corrected chi connectivity index (χ0v) is 29.6. The van der Waals surface area contributed by atoms with Crippen LogP contribution in [-0.2, 0) is 14.3 Å². The monoisotopic (exact) mass is 630 g/mol. The van der Waals surface area contributed by atoms with Gasteiger partial charge in [0.25, 0.3) is 0 Å². The van der Waals surface area contributed by atoms with Crippen LogP contribution in [0.1, 0.15) is 141 Å². The molecule has 2 aromatic carbocycles. The van der Waals surface area contributed by atoms with Crippen molar-refractivity contribution in [1.82, 2.24) is 10.6 Å². The lowest BCUT2D eigenvalue weighted by molar-refractivity contribution is -0.160. The first-order chi connectivity index (χ1) is 21.5. The van der Waals surface area contributed by atoms with Gasteiger partial charge in [-0.3, -0.25) is 4.79 Å². The Labute approximate surface area is 277 Å². The van der Waals surface area contributed by atoms with E-state index in [0.717, 1.165) is 69.6 Å². The van der Waals surface area contributed by atoms with E-state index < -0.39 is 0 Å². The Morgan fingerprint density at radius 3 is 1.85 bits per heavy atom. The van der Waals surface area contributed by atoms with Gasteiger partial charge in [-0.15, -0.1) is 0 Å². The summed E-state index contributed by atoms with van der Waals surface area (Å²) in [4.78, 5) is 27.1. The lowest BCUT2D eigenvalue weighted by Crippen LogP contribution is -2.59. The number of carbonyl (C=O) groups is 2. The van der Waals surface area contributed by atoms with Gasteiger partial charge in [-0.25, -0.2) is 4.79 Å². The van der Waals surface area contributed by atoms with Crippen LogP contribution in [0.2, 0.25) is 0 Å². The Morgan fingerprint density at radius 1 is 0.674 bits per heavy atom. The Balaban J connectivity index is 1.12. The Hall–Kier alpha value is -2.44. The Morgan fingerprint density at radius 2 is 1.22 bits per heavy atom. The van der Waals surface area contributed by atoms with Crippen molar-refractivity contribution >= 4 is 22.7 Å². The van der Waals surface area contributed by atoms with Crippen molar-refractivity contribution in [3.8, 4) is 0 Å². The van der Waals surface area contributed by atoms with Crippen LogP contribution in [0, 0.1) is 17.8 Å². The summed E-state index contributed by atoms with van der Waals surface area (Å²) in [5.74, 6) is 1.40. The molecule has 4 unspecified atom stereocenters. The molecule has 46 heavy (non-hydrogen) atoms. The summed E-state index contributed by atoms with van der Waals surface area (Å²) < 4.78 is 12.4. The lowest BCUT2D eigenvalue weighted by atomic mass is 9.63. The summed E-state index contributed by atoms with van der Waals surface area (Å²) in [6, 6.07) is 12.7. The van der Waals surface area contributed by atoms with Crippen LogP contribution in [0.15, 0.2) is 36.4 Å². The van der Waals surface area contributed by atoms with Crippen molar-refractivity contribution in [2.75, 3.05) is 0 Å². The van der Waals surface area contributed by atoms with E-state index in [2.05, 4.69) is 96.4 Å². The summed E-state index contributed by atoms with van der Waals surface area (Å²) in [5.41, 5.74) is 1.70. The van der Waals surface area contributed by atoms with E-state index in [0.29, 0.717) is 23.3 Å². The molecule has 0 amide bonds. The van der Waals surface area contributed by atoms with E-state index in [1.54, 1.807) is 0 Å². The maximum atomic E-state index is 13.7. The smallest absolute Gasteiger partial charge is 0.338 e. The minimum absolute atomic E-state index is 0.0165. The number of fused-ring (bicyclic) bond motifs is 2. The second-order valence-electron chi connectivity index (χ2n) is 18.0. The van der Waals surface area contributed by atoms with Crippen molar-refractivity contribution in [2.24, 2.45) is 17.8 Å². The zero-order valence-electron chi connectivity index (χ0n) is 29.6. The topological polar surface area (TPSA) is 76.7 Å². The molecule has 4 aliphatic rings. The summed E-state index contributed by atoms with van der Waals surface area (Å²) in [6.45, 7) is 17.6. The maximum absolute atomic E-state index is 13.7. The van der Waals surface area contributed by atoms with Crippen molar-refractivity contribution in [2.45, 2.75) is 160 Å². The third kappa shape index (κ3) is 7.65. The summed E-state index contributed by atoms with van der Waals surface area (Å²) in [7, 11) is 0. The number of piperidine rings is 2. The van der Waals surface area contributed by atoms with Gasteiger partial charge in [-0.05, 0) is 140 Å². The predicted molar refractivity (Wildman–Crippen MR) is 185 cm³/mol. The van der Waals surface area contributed by atoms with Crippen LogP contribution in [0.5, 0.6) is 0 Å². The number of hydrogen-bond acceptors (Lipinski definition) is 6. The molecule has 2 saturated carbocycles. The van der Waals surface area contributed by atoms with E-state index in [1.807, 2.05) is 6.07 Å². The maximum Gasteiger partial charge on any atom is 0.338 e. The number of hydrogen-bond donors (Lipinski definition) is 2. The molecule has 2 aliphatic carbocycles. The van der Waals surface area contributed by atoms with Crippen LogP contribution < -0.4 is 10.6 Å². The lowest BCUT2D eigenvalue weighted by Gasteiger charge is -2.46. The number of esters is 2. The molecule has 6 heteroatoms. The molecule has 6 nitrogen and oxygen atoms in total. The molecule has 2 aliphatic heterocycles. The molecular formula is C40H58N2O4. The molecule has 0 bridgehead atoms. The first kappa shape index (κ1) is 33.5. The van der Waals surface area contributed by atoms with Crippen LogP contribution in [0.3, 0.4) is 0 Å². The van der Waals surface area contributed by atoms with Crippen LogP contribution >= 0.6 is 0 Å². The molecule has 0 radical (unpaired) electrons. The number of benzene rings is 2. The molecule has 0 aromatic heterocycles. The van der Waals surface area contributed by atoms with Gasteiger partial charge in [-0.1, -0.05) is 24.3 Å². The summed E-state index contributed by atoms with van der Waals surface area (Å²) >= 11 is 0. The van der Waals surface area contributed by atoms with Gasteiger partial charge < -0.3 is 20.1 Å². The van der Waals surface area contributed by atoms with Crippen LogP contribution in [-0.4, -0.2) is 46.3 Å². The number of nitrogens with one attached hydrogen (secondary N) is 2. The highest BCUT2D eigenvalue weighted by atomic mass is 16.5. The predicted octanol–water partition coefficient (Wildman–Crippen LogP) is 8.46. The molecule has 2 saturated heterocycles. The molecule has 252 valence electrons. The minimum Gasteiger partial charge on any atom is -0.462 e.